The number of nitrogens with zero attached hydrogens (tertiary/aromatic N) is 5. The molecular weight excluding hydrogens is 562 g/mol. The second-order valence-electron chi connectivity index (χ2n) is 12.9. The number of anilines is 1. The highest BCUT2D eigenvalue weighted by Crippen LogP contribution is 2.39. The van der Waals surface area contributed by atoms with Crippen LogP contribution in [0.2, 0.25) is 0 Å². The van der Waals surface area contributed by atoms with Crippen molar-refractivity contribution < 1.29 is 18.6 Å². The second kappa shape index (κ2) is 10.8. The second-order valence-corrected chi connectivity index (χ2v) is 12.9. The molecule has 44 heavy (non-hydrogen) atoms. The molecule has 7 rings (SSSR count). The van der Waals surface area contributed by atoms with E-state index in [0.29, 0.717) is 46.7 Å². The predicted octanol–water partition coefficient (Wildman–Crippen LogP) is 5.39. The van der Waals surface area contributed by atoms with Crippen LogP contribution in [0.3, 0.4) is 0 Å². The number of nitrogens with one attached hydrogen (secondary N) is 1. The van der Waals surface area contributed by atoms with E-state index in [4.69, 9.17) is 16.1 Å². The standard InChI is InChI=1S/C34H36F2N6O2/c1-5-24-27(35)10-7-20-13-23(43)14-25(28(20)24)30-29(36)31-26(15-37-30)32(41-16-21-8-9-22(17-41)38-21)40-33(39-31)44-18-34(4)11-6-12-42(34)19(2)3/h1,7,10,13-15,19,21-22,38,43H,6,8-9,11-12,16-18H2,2-4H3/t21?,22?,34-/m0/s1. The van der Waals surface area contributed by atoms with E-state index in [1.807, 2.05) is 0 Å². The Morgan fingerprint density at radius 3 is 2.68 bits per heavy atom. The molecule has 0 amide bonds. The Hall–Kier alpha value is -4.07. The first-order valence-electron chi connectivity index (χ1n) is 15.3. The number of likely N-dealkylation sites (tertiary alicyclic amines) is 1. The zero-order valence-corrected chi connectivity index (χ0v) is 25.2. The maximum Gasteiger partial charge on any atom is 0.319 e. The lowest BCUT2D eigenvalue weighted by molar-refractivity contribution is 0.0626. The number of halogens is 2. The van der Waals surface area contributed by atoms with Gasteiger partial charge in [-0.3, -0.25) is 9.88 Å². The van der Waals surface area contributed by atoms with Crippen molar-refractivity contribution in [2.24, 2.45) is 0 Å². The summed E-state index contributed by atoms with van der Waals surface area (Å²) in [6.07, 6.45) is 11.5. The highest BCUT2D eigenvalue weighted by molar-refractivity contribution is 6.03. The third-order valence-electron chi connectivity index (χ3n) is 9.55. The molecule has 0 aliphatic carbocycles. The van der Waals surface area contributed by atoms with Crippen molar-refractivity contribution in [3.63, 3.8) is 0 Å². The SMILES string of the molecule is C#Cc1c(F)ccc2cc(O)cc(-c3ncc4c(N5CC6CCC(C5)N6)nc(OC[C@]5(C)CCCN5C(C)C)nc4c3F)c12. The van der Waals surface area contributed by atoms with Gasteiger partial charge in [-0.05, 0) is 76.6 Å². The van der Waals surface area contributed by atoms with Gasteiger partial charge in [0.2, 0.25) is 0 Å². The summed E-state index contributed by atoms with van der Waals surface area (Å²) in [5.41, 5.74) is -0.0832. The van der Waals surface area contributed by atoms with Crippen molar-refractivity contribution in [1.29, 1.82) is 0 Å². The summed E-state index contributed by atoms with van der Waals surface area (Å²) in [7, 11) is 0. The van der Waals surface area contributed by atoms with E-state index in [9.17, 15) is 9.50 Å². The van der Waals surface area contributed by atoms with Gasteiger partial charge in [0.25, 0.3) is 0 Å². The quantitative estimate of drug-likeness (QED) is 0.286. The van der Waals surface area contributed by atoms with E-state index in [0.717, 1.165) is 45.3 Å². The summed E-state index contributed by atoms with van der Waals surface area (Å²) in [6, 6.07) is 6.67. The summed E-state index contributed by atoms with van der Waals surface area (Å²) in [6.45, 7) is 9.36. The lowest BCUT2D eigenvalue weighted by Crippen LogP contribution is -2.51. The summed E-state index contributed by atoms with van der Waals surface area (Å²) < 4.78 is 37.9. The van der Waals surface area contributed by atoms with E-state index in [1.165, 1.54) is 24.3 Å². The van der Waals surface area contributed by atoms with E-state index < -0.39 is 11.6 Å². The van der Waals surface area contributed by atoms with E-state index in [-0.39, 0.29) is 39.6 Å². The van der Waals surface area contributed by atoms with Gasteiger partial charge < -0.3 is 20.1 Å². The molecule has 0 spiro atoms. The molecule has 4 aromatic rings. The summed E-state index contributed by atoms with van der Waals surface area (Å²) >= 11 is 0. The van der Waals surface area contributed by atoms with Crippen molar-refractivity contribution in [2.75, 3.05) is 31.1 Å². The Bertz CT molecular complexity index is 1810. The fourth-order valence-electron chi connectivity index (χ4n) is 7.54. The minimum absolute atomic E-state index is 0.0259. The number of benzene rings is 2. The van der Waals surface area contributed by atoms with Gasteiger partial charge in [-0.2, -0.15) is 9.97 Å². The largest absolute Gasteiger partial charge is 0.508 e. The zero-order valence-electron chi connectivity index (χ0n) is 25.2. The van der Waals surface area contributed by atoms with Gasteiger partial charge in [0.15, 0.2) is 5.82 Å². The van der Waals surface area contributed by atoms with Crippen LogP contribution in [-0.4, -0.2) is 74.9 Å². The van der Waals surface area contributed by atoms with Crippen LogP contribution in [-0.2, 0) is 0 Å². The van der Waals surface area contributed by atoms with Crippen molar-refractivity contribution in [3.05, 3.63) is 47.7 Å². The highest BCUT2D eigenvalue weighted by Gasteiger charge is 2.39. The molecule has 228 valence electrons. The highest BCUT2D eigenvalue weighted by atomic mass is 19.1. The van der Waals surface area contributed by atoms with Crippen LogP contribution >= 0.6 is 0 Å². The van der Waals surface area contributed by atoms with Gasteiger partial charge in [0, 0.05) is 48.4 Å². The Morgan fingerprint density at radius 1 is 1.18 bits per heavy atom. The summed E-state index contributed by atoms with van der Waals surface area (Å²) in [5, 5.41) is 15.4. The molecule has 3 fully saturated rings. The topological polar surface area (TPSA) is 86.6 Å². The molecule has 10 heteroatoms. The third-order valence-corrected chi connectivity index (χ3v) is 9.55. The average molecular weight is 599 g/mol. The average Bonchev–Trinajstić information content (AvgIpc) is 3.56. The maximum atomic E-state index is 16.8. The van der Waals surface area contributed by atoms with Gasteiger partial charge in [-0.25, -0.2) is 8.78 Å². The minimum Gasteiger partial charge on any atom is -0.508 e. The monoisotopic (exact) mass is 598 g/mol. The Balaban J connectivity index is 1.38. The first-order valence-corrected chi connectivity index (χ1v) is 15.3. The zero-order chi connectivity index (χ0) is 30.7. The van der Waals surface area contributed by atoms with Crippen LogP contribution in [0.1, 0.15) is 52.0 Å². The molecule has 3 aliphatic rings. The molecule has 2 aromatic carbocycles. The number of ether oxygens (including phenoxy) is 1. The molecule has 3 aliphatic heterocycles. The minimum atomic E-state index is -0.718. The van der Waals surface area contributed by atoms with Crippen LogP contribution in [0, 0.1) is 24.0 Å². The molecule has 0 radical (unpaired) electrons. The number of terminal acetylenes is 1. The molecule has 3 atom stereocenters. The molecule has 2 unspecified atom stereocenters. The summed E-state index contributed by atoms with van der Waals surface area (Å²) in [4.78, 5) is 18.6. The Kier molecular flexibility index (Phi) is 7.06. The van der Waals surface area contributed by atoms with E-state index in [2.05, 4.69) is 51.8 Å². The number of piperazine rings is 1. The first-order chi connectivity index (χ1) is 21.1. The fraction of sp³-hybridized carbons (Fsp3) is 0.441. The lowest BCUT2D eigenvalue weighted by atomic mass is 9.96. The number of phenols is 1. The first kappa shape index (κ1) is 28.7. The molecule has 2 N–H and O–H groups in total. The Morgan fingerprint density at radius 2 is 1.95 bits per heavy atom. The summed E-state index contributed by atoms with van der Waals surface area (Å²) in [5.74, 6) is 1.52. The number of rotatable bonds is 6. The number of aromatic hydroxyl groups is 1. The van der Waals surface area contributed by atoms with Gasteiger partial charge in [-0.15, -0.1) is 6.42 Å². The van der Waals surface area contributed by atoms with Crippen molar-refractivity contribution >= 4 is 27.5 Å². The van der Waals surface area contributed by atoms with E-state index >= 15 is 4.39 Å². The van der Waals surface area contributed by atoms with Gasteiger partial charge in [0.1, 0.15) is 35.2 Å². The molecule has 3 saturated heterocycles. The van der Waals surface area contributed by atoms with Gasteiger partial charge >= 0.3 is 6.01 Å². The molecule has 0 saturated carbocycles. The molecular formula is C34H36F2N6O2. The Labute approximate surface area is 255 Å². The normalized spacial score (nSPS) is 23.6. The van der Waals surface area contributed by atoms with Crippen molar-refractivity contribution in [3.8, 4) is 35.4 Å². The van der Waals surface area contributed by atoms with Crippen LogP contribution in [0.5, 0.6) is 11.8 Å². The van der Waals surface area contributed by atoms with Crippen molar-refractivity contribution in [1.82, 2.24) is 25.2 Å². The fourth-order valence-corrected chi connectivity index (χ4v) is 7.54. The van der Waals surface area contributed by atoms with E-state index in [1.54, 1.807) is 6.20 Å². The number of phenolic OH excluding ortho intramolecular Hbond substituents is 1. The number of fused-ring (bicyclic) bond motifs is 4. The predicted molar refractivity (Wildman–Crippen MR) is 167 cm³/mol. The molecule has 8 nitrogen and oxygen atoms in total. The molecule has 2 aromatic heterocycles. The number of aromatic nitrogens is 3. The maximum absolute atomic E-state index is 16.8. The molecule has 2 bridgehead atoms. The van der Waals surface area contributed by atoms with Gasteiger partial charge in [0.05, 0.1) is 16.5 Å². The van der Waals surface area contributed by atoms with Crippen LogP contribution in [0.15, 0.2) is 30.5 Å². The van der Waals surface area contributed by atoms with Crippen LogP contribution in [0.4, 0.5) is 14.6 Å². The van der Waals surface area contributed by atoms with Crippen LogP contribution < -0.4 is 15.0 Å². The smallest absolute Gasteiger partial charge is 0.319 e. The number of pyridine rings is 1. The van der Waals surface area contributed by atoms with Crippen molar-refractivity contribution in [2.45, 2.75) is 70.1 Å². The van der Waals surface area contributed by atoms with Gasteiger partial charge in [-0.1, -0.05) is 12.0 Å². The van der Waals surface area contributed by atoms with Crippen LogP contribution in [0.25, 0.3) is 32.9 Å². The lowest BCUT2D eigenvalue weighted by Gasteiger charge is -2.37. The number of hydrogen-bond acceptors (Lipinski definition) is 8. The molecule has 5 heterocycles. The number of hydrogen-bond donors (Lipinski definition) is 2. The third kappa shape index (κ3) is 4.79.